The maximum absolute atomic E-state index is 11.1. The first-order valence-corrected chi connectivity index (χ1v) is 4.94. The number of anilines is 1. The van der Waals surface area contributed by atoms with Crippen LogP contribution in [-0.4, -0.2) is 28.9 Å². The number of aliphatic hydroxyl groups excluding tert-OH is 1. The molecule has 1 atom stereocenters. The van der Waals surface area contributed by atoms with E-state index < -0.39 is 17.9 Å². The summed E-state index contributed by atoms with van der Waals surface area (Å²) in [6, 6.07) is 8.47. The van der Waals surface area contributed by atoms with Crippen molar-refractivity contribution in [3.8, 4) is 0 Å². The Hall–Kier alpha value is -2.41. The molecule has 3 amide bonds. The molecule has 98 valence electrons. The Morgan fingerprint density at radius 1 is 1.17 bits per heavy atom. The van der Waals surface area contributed by atoms with Gasteiger partial charge in [0, 0.05) is 12.6 Å². The first-order valence-electron chi connectivity index (χ1n) is 4.94. The summed E-state index contributed by atoms with van der Waals surface area (Å²) in [6.45, 7) is 1.31. The summed E-state index contributed by atoms with van der Waals surface area (Å²) in [5, 5.41) is 11.3. The zero-order valence-electron chi connectivity index (χ0n) is 9.79. The summed E-state index contributed by atoms with van der Waals surface area (Å²) < 4.78 is 0. The fourth-order valence-electron chi connectivity index (χ4n) is 0.861. The Kier molecular flexibility index (Phi) is 6.75. The molecule has 1 aromatic rings. The molecule has 0 fully saturated rings. The molecule has 0 saturated carbocycles. The van der Waals surface area contributed by atoms with Crippen molar-refractivity contribution in [3.63, 3.8) is 0 Å². The van der Waals surface area contributed by atoms with Gasteiger partial charge in [-0.1, -0.05) is 18.2 Å². The molecule has 7 heteroatoms. The maximum atomic E-state index is 11.1. The van der Waals surface area contributed by atoms with Crippen LogP contribution in [0, 0.1) is 0 Å². The van der Waals surface area contributed by atoms with E-state index in [1.165, 1.54) is 6.92 Å². The van der Waals surface area contributed by atoms with Crippen molar-refractivity contribution >= 4 is 23.4 Å². The van der Waals surface area contributed by atoms with Crippen LogP contribution in [0.5, 0.6) is 0 Å². The third kappa shape index (κ3) is 6.96. The number of amides is 3. The molecular formula is C11H15N3O4. The van der Waals surface area contributed by atoms with Gasteiger partial charge in [-0.2, -0.15) is 0 Å². The number of nitrogens with two attached hydrogens (primary N) is 2. The highest BCUT2D eigenvalue weighted by Gasteiger charge is 2.20. The molecule has 18 heavy (non-hydrogen) atoms. The second-order valence-electron chi connectivity index (χ2n) is 3.27. The summed E-state index contributed by atoms with van der Waals surface area (Å²) in [7, 11) is 0. The van der Waals surface area contributed by atoms with E-state index in [0.29, 0.717) is 5.69 Å². The number of hydrogen-bond donors (Lipinski definition) is 4. The number of carbonyl (C=O) groups excluding carboxylic acids is 3. The third-order valence-corrected chi connectivity index (χ3v) is 1.56. The van der Waals surface area contributed by atoms with Gasteiger partial charge in [-0.05, 0) is 12.1 Å². The Morgan fingerprint density at radius 2 is 1.61 bits per heavy atom. The molecular weight excluding hydrogens is 238 g/mol. The minimum Gasteiger partial charge on any atom is -0.375 e. The highest BCUT2D eigenvalue weighted by molar-refractivity contribution is 6.08. The van der Waals surface area contributed by atoms with E-state index in [0.717, 1.165) is 0 Å². The quantitative estimate of drug-likeness (QED) is 0.511. The lowest BCUT2D eigenvalue weighted by atomic mass is 10.3. The predicted octanol–water partition coefficient (Wildman–Crippen LogP) is -1.04. The molecule has 0 saturated heterocycles. The second kappa shape index (κ2) is 7.80. The van der Waals surface area contributed by atoms with Crippen LogP contribution >= 0.6 is 0 Å². The van der Waals surface area contributed by atoms with Crippen LogP contribution < -0.4 is 16.8 Å². The molecule has 0 aliphatic rings. The third-order valence-electron chi connectivity index (χ3n) is 1.56. The average molecular weight is 253 g/mol. The molecule has 0 aromatic heterocycles. The number of hydrogen-bond acceptors (Lipinski definition) is 4. The zero-order valence-corrected chi connectivity index (χ0v) is 9.79. The van der Waals surface area contributed by atoms with Crippen molar-refractivity contribution in [1.82, 2.24) is 0 Å². The van der Waals surface area contributed by atoms with Crippen molar-refractivity contribution in [1.29, 1.82) is 0 Å². The lowest BCUT2D eigenvalue weighted by Gasteiger charge is -2.07. The molecule has 1 unspecified atom stereocenters. The molecule has 7 nitrogen and oxygen atoms in total. The first-order chi connectivity index (χ1) is 8.34. The molecule has 1 aromatic carbocycles. The fourth-order valence-corrected chi connectivity index (χ4v) is 0.861. The lowest BCUT2D eigenvalue weighted by Crippen LogP contribution is -2.39. The monoisotopic (exact) mass is 253 g/mol. The van der Waals surface area contributed by atoms with Gasteiger partial charge in [0.25, 0.3) is 11.8 Å². The van der Waals surface area contributed by atoms with Crippen LogP contribution in [0.25, 0.3) is 0 Å². The Balaban J connectivity index is 0.000000631. The van der Waals surface area contributed by atoms with E-state index in [2.05, 4.69) is 11.1 Å². The summed E-state index contributed by atoms with van der Waals surface area (Å²) in [6.07, 6.45) is -1.81. The predicted molar refractivity (Wildman–Crippen MR) is 65.1 cm³/mol. The van der Waals surface area contributed by atoms with Crippen LogP contribution in [0.1, 0.15) is 6.92 Å². The van der Waals surface area contributed by atoms with E-state index in [4.69, 9.17) is 10.8 Å². The number of nitrogens with one attached hydrogen (secondary N) is 1. The molecule has 0 radical (unpaired) electrons. The van der Waals surface area contributed by atoms with Gasteiger partial charge in [-0.15, -0.1) is 0 Å². The second-order valence-corrected chi connectivity index (χ2v) is 3.27. The van der Waals surface area contributed by atoms with Crippen molar-refractivity contribution < 1.29 is 19.5 Å². The maximum Gasteiger partial charge on any atom is 0.263 e. The molecule has 6 N–H and O–H groups in total. The number of rotatable bonds is 3. The summed E-state index contributed by atoms with van der Waals surface area (Å²) in [5.74, 6) is -2.23. The Bertz CT molecular complexity index is 416. The average Bonchev–Trinajstić information content (AvgIpc) is 2.28. The van der Waals surface area contributed by atoms with Crippen LogP contribution in [-0.2, 0) is 14.4 Å². The number of primary amides is 2. The first kappa shape index (κ1) is 15.6. The summed E-state index contributed by atoms with van der Waals surface area (Å²) in [5.41, 5.74) is 9.71. The van der Waals surface area contributed by atoms with Crippen molar-refractivity contribution in [3.05, 3.63) is 30.3 Å². The van der Waals surface area contributed by atoms with Crippen LogP contribution in [0.15, 0.2) is 30.3 Å². The number of benzene rings is 1. The zero-order chi connectivity index (χ0) is 14.1. The fraction of sp³-hybridized carbons (Fsp3) is 0.182. The lowest BCUT2D eigenvalue weighted by molar-refractivity contribution is -0.136. The number of carbonyl (C=O) groups is 3. The van der Waals surface area contributed by atoms with Crippen LogP contribution in [0.2, 0.25) is 0 Å². The van der Waals surface area contributed by atoms with Crippen molar-refractivity contribution in [2.75, 3.05) is 5.32 Å². The molecule has 1 rings (SSSR count). The SMILES string of the molecule is CC(N)=O.NC(=O)C(O)C(=O)Nc1ccccc1. The smallest absolute Gasteiger partial charge is 0.263 e. The van der Waals surface area contributed by atoms with Crippen LogP contribution in [0.3, 0.4) is 0 Å². The van der Waals surface area contributed by atoms with E-state index in [1.54, 1.807) is 30.3 Å². The molecule has 0 aliphatic carbocycles. The Morgan fingerprint density at radius 3 is 2.00 bits per heavy atom. The van der Waals surface area contributed by atoms with Gasteiger partial charge < -0.3 is 21.9 Å². The van der Waals surface area contributed by atoms with Crippen LogP contribution in [0.4, 0.5) is 5.69 Å². The topological polar surface area (TPSA) is 136 Å². The van der Waals surface area contributed by atoms with E-state index in [1.807, 2.05) is 0 Å². The van der Waals surface area contributed by atoms with Gasteiger partial charge in [-0.25, -0.2) is 0 Å². The van der Waals surface area contributed by atoms with Crippen molar-refractivity contribution in [2.45, 2.75) is 13.0 Å². The molecule has 0 spiro atoms. The Labute approximate surface area is 104 Å². The highest BCUT2D eigenvalue weighted by Crippen LogP contribution is 2.05. The van der Waals surface area contributed by atoms with Gasteiger partial charge in [-0.3, -0.25) is 14.4 Å². The minimum atomic E-state index is -1.81. The molecule has 0 aliphatic heterocycles. The van der Waals surface area contributed by atoms with Crippen molar-refractivity contribution in [2.24, 2.45) is 11.5 Å². The summed E-state index contributed by atoms with van der Waals surface area (Å²) >= 11 is 0. The van der Waals surface area contributed by atoms with E-state index in [-0.39, 0.29) is 5.91 Å². The minimum absolute atomic E-state index is 0.333. The summed E-state index contributed by atoms with van der Waals surface area (Å²) in [4.78, 5) is 30.8. The molecule has 0 bridgehead atoms. The van der Waals surface area contributed by atoms with Gasteiger partial charge >= 0.3 is 0 Å². The van der Waals surface area contributed by atoms with Gasteiger partial charge in [0.2, 0.25) is 12.0 Å². The number of para-hydroxylation sites is 1. The molecule has 0 heterocycles. The normalized spacial score (nSPS) is 10.6. The van der Waals surface area contributed by atoms with Gasteiger partial charge in [0.1, 0.15) is 0 Å². The largest absolute Gasteiger partial charge is 0.375 e. The van der Waals surface area contributed by atoms with Gasteiger partial charge in [0.05, 0.1) is 0 Å². The van der Waals surface area contributed by atoms with E-state index in [9.17, 15) is 14.4 Å². The van der Waals surface area contributed by atoms with E-state index >= 15 is 0 Å². The van der Waals surface area contributed by atoms with Gasteiger partial charge in [0.15, 0.2) is 0 Å². The highest BCUT2D eigenvalue weighted by atomic mass is 16.3. The number of aliphatic hydroxyl groups is 1. The standard InChI is InChI=1S/C9H10N2O3.C2H5NO/c10-8(13)7(12)9(14)11-6-4-2-1-3-5-6;1-2(3)4/h1-5,7,12H,(H2,10,13)(H,11,14);1H3,(H2,3,4).